The highest BCUT2D eigenvalue weighted by molar-refractivity contribution is 14.1. The van der Waals surface area contributed by atoms with E-state index in [4.69, 9.17) is 9.47 Å². The molecule has 0 saturated heterocycles. The average Bonchev–Trinajstić information content (AvgIpc) is 2.84. The van der Waals surface area contributed by atoms with E-state index in [1.165, 1.54) is 77.0 Å². The Morgan fingerprint density at radius 2 is 0.941 bits per heavy atom. The summed E-state index contributed by atoms with van der Waals surface area (Å²) in [5, 5.41) is 0. The topological polar surface area (TPSA) is 52.6 Å². The summed E-state index contributed by atoms with van der Waals surface area (Å²) in [7, 11) is 0. The Kier molecular flexibility index (Phi) is 24.1. The molecule has 0 spiro atoms. The standard InChI is InChI=1S/C29H55IO4/c1-4-7-9-11-13-15-17-21-25-33-27(31)29(6-3,23-19-20-24-30)28(32)34-26-22-18-16-14-12-10-8-5-2/h4-26H2,1-3H3. The Balaban J connectivity index is 4.42. The average molecular weight is 595 g/mol. The van der Waals surface area contributed by atoms with Gasteiger partial charge in [0.1, 0.15) is 0 Å². The zero-order valence-electron chi connectivity index (χ0n) is 22.8. The summed E-state index contributed by atoms with van der Waals surface area (Å²) >= 11 is 2.34. The van der Waals surface area contributed by atoms with Crippen LogP contribution in [0.3, 0.4) is 0 Å². The van der Waals surface area contributed by atoms with Crippen LogP contribution in [0.15, 0.2) is 0 Å². The van der Waals surface area contributed by atoms with Gasteiger partial charge in [0.25, 0.3) is 0 Å². The molecular weight excluding hydrogens is 539 g/mol. The van der Waals surface area contributed by atoms with Crippen LogP contribution in [0, 0.1) is 5.41 Å². The van der Waals surface area contributed by atoms with Crippen molar-refractivity contribution in [3.8, 4) is 0 Å². The van der Waals surface area contributed by atoms with Crippen molar-refractivity contribution >= 4 is 34.5 Å². The van der Waals surface area contributed by atoms with Gasteiger partial charge in [-0.2, -0.15) is 0 Å². The summed E-state index contributed by atoms with van der Waals surface area (Å²) in [4.78, 5) is 26.1. The van der Waals surface area contributed by atoms with Gasteiger partial charge >= 0.3 is 11.9 Å². The van der Waals surface area contributed by atoms with Gasteiger partial charge in [-0.15, -0.1) is 0 Å². The predicted octanol–water partition coefficient (Wildman–Crippen LogP) is 9.36. The molecule has 0 atom stereocenters. The van der Waals surface area contributed by atoms with Crippen LogP contribution in [0.4, 0.5) is 0 Å². The van der Waals surface area contributed by atoms with Crippen LogP contribution >= 0.6 is 22.6 Å². The Morgan fingerprint density at radius 3 is 1.29 bits per heavy atom. The van der Waals surface area contributed by atoms with Gasteiger partial charge in [0.15, 0.2) is 5.41 Å². The van der Waals surface area contributed by atoms with Crippen molar-refractivity contribution in [2.24, 2.45) is 5.41 Å². The highest BCUT2D eigenvalue weighted by Crippen LogP contribution is 2.33. The van der Waals surface area contributed by atoms with Crippen molar-refractivity contribution in [3.05, 3.63) is 0 Å². The number of unbranched alkanes of at least 4 members (excludes halogenated alkanes) is 15. The molecule has 5 heteroatoms. The highest BCUT2D eigenvalue weighted by Gasteiger charge is 2.46. The molecule has 0 aliphatic carbocycles. The molecule has 0 aromatic rings. The summed E-state index contributed by atoms with van der Waals surface area (Å²) < 4.78 is 12.3. The molecule has 0 amide bonds. The van der Waals surface area contributed by atoms with Gasteiger partial charge in [0.2, 0.25) is 0 Å². The van der Waals surface area contributed by atoms with Gasteiger partial charge in [-0.05, 0) is 36.5 Å². The molecule has 0 heterocycles. The van der Waals surface area contributed by atoms with Crippen LogP contribution < -0.4 is 0 Å². The van der Waals surface area contributed by atoms with E-state index < -0.39 is 5.41 Å². The minimum Gasteiger partial charge on any atom is -0.465 e. The normalized spacial score (nSPS) is 11.5. The second-order valence-corrected chi connectivity index (χ2v) is 10.9. The number of hydrogen-bond donors (Lipinski definition) is 0. The molecule has 34 heavy (non-hydrogen) atoms. The van der Waals surface area contributed by atoms with Crippen LogP contribution in [0.2, 0.25) is 0 Å². The molecule has 0 radical (unpaired) electrons. The van der Waals surface area contributed by atoms with Gasteiger partial charge in [0.05, 0.1) is 13.2 Å². The Hall–Kier alpha value is -0.330. The summed E-state index contributed by atoms with van der Waals surface area (Å²) in [6.45, 7) is 7.21. The molecule has 0 aromatic carbocycles. The third-order valence-corrected chi connectivity index (χ3v) is 7.60. The van der Waals surface area contributed by atoms with Crippen LogP contribution in [0.5, 0.6) is 0 Å². The quantitative estimate of drug-likeness (QED) is 0.0348. The second-order valence-electron chi connectivity index (χ2n) is 9.80. The first-order valence-corrected chi connectivity index (χ1v) is 16.0. The van der Waals surface area contributed by atoms with Crippen LogP contribution in [-0.2, 0) is 19.1 Å². The van der Waals surface area contributed by atoms with Crippen LogP contribution in [-0.4, -0.2) is 29.6 Å². The van der Waals surface area contributed by atoms with E-state index in [-0.39, 0.29) is 11.9 Å². The van der Waals surface area contributed by atoms with Crippen molar-refractivity contribution in [1.82, 2.24) is 0 Å². The first-order chi connectivity index (χ1) is 16.6. The van der Waals surface area contributed by atoms with Crippen molar-refractivity contribution in [3.63, 3.8) is 0 Å². The summed E-state index contributed by atoms with van der Waals surface area (Å²) in [5.41, 5.74) is -1.13. The van der Waals surface area contributed by atoms with E-state index >= 15 is 0 Å². The first-order valence-electron chi connectivity index (χ1n) is 14.5. The monoisotopic (exact) mass is 594 g/mol. The molecule has 0 saturated carbocycles. The molecule has 0 aromatic heterocycles. The number of carbonyl (C=O) groups is 2. The highest BCUT2D eigenvalue weighted by atomic mass is 127. The molecule has 0 rings (SSSR count). The minimum atomic E-state index is -1.13. The maximum Gasteiger partial charge on any atom is 0.323 e. The van der Waals surface area contributed by atoms with Gasteiger partial charge in [0, 0.05) is 0 Å². The fourth-order valence-corrected chi connectivity index (χ4v) is 4.89. The lowest BCUT2D eigenvalue weighted by Crippen LogP contribution is -2.42. The molecule has 0 aliphatic rings. The van der Waals surface area contributed by atoms with Crippen molar-refractivity contribution in [2.45, 2.75) is 149 Å². The van der Waals surface area contributed by atoms with E-state index in [2.05, 4.69) is 36.4 Å². The number of ether oxygens (including phenoxy) is 2. The lowest BCUT2D eigenvalue weighted by Gasteiger charge is -2.28. The summed E-state index contributed by atoms with van der Waals surface area (Å²) in [6.07, 6.45) is 22.1. The van der Waals surface area contributed by atoms with Gasteiger partial charge < -0.3 is 9.47 Å². The zero-order valence-corrected chi connectivity index (χ0v) is 24.9. The molecular formula is C29H55IO4. The molecule has 4 nitrogen and oxygen atoms in total. The number of rotatable bonds is 25. The molecule has 0 unspecified atom stereocenters. The van der Waals surface area contributed by atoms with Gasteiger partial charge in [-0.3, -0.25) is 9.59 Å². The maximum atomic E-state index is 13.1. The number of carbonyl (C=O) groups excluding carboxylic acids is 2. The van der Waals surface area contributed by atoms with Crippen LogP contribution in [0.1, 0.15) is 149 Å². The van der Waals surface area contributed by atoms with Crippen molar-refractivity contribution < 1.29 is 19.1 Å². The lowest BCUT2D eigenvalue weighted by molar-refractivity contribution is -0.174. The fourth-order valence-electron chi connectivity index (χ4n) is 4.35. The third kappa shape index (κ3) is 16.4. The summed E-state index contributed by atoms with van der Waals surface area (Å²) in [6, 6.07) is 0. The Labute approximate surface area is 225 Å². The molecule has 0 aliphatic heterocycles. The number of halogens is 1. The van der Waals surface area contributed by atoms with E-state index in [9.17, 15) is 9.59 Å². The van der Waals surface area contributed by atoms with E-state index in [1.54, 1.807) is 0 Å². The lowest BCUT2D eigenvalue weighted by atomic mass is 9.80. The van der Waals surface area contributed by atoms with E-state index in [0.29, 0.717) is 26.1 Å². The van der Waals surface area contributed by atoms with Crippen molar-refractivity contribution in [1.29, 1.82) is 0 Å². The third-order valence-electron chi connectivity index (χ3n) is 6.83. The Morgan fingerprint density at radius 1 is 0.559 bits per heavy atom. The number of hydrogen-bond acceptors (Lipinski definition) is 4. The SMILES string of the molecule is CCCCCCCCCCOC(=O)C(CC)(CCCCI)C(=O)OCCCCCCCCCC. The first kappa shape index (κ1) is 33.7. The van der Waals surface area contributed by atoms with E-state index in [0.717, 1.165) is 43.0 Å². The summed E-state index contributed by atoms with van der Waals surface area (Å²) in [5.74, 6) is -0.736. The molecule has 0 bridgehead atoms. The fraction of sp³-hybridized carbons (Fsp3) is 0.931. The zero-order chi connectivity index (χ0) is 25.3. The Bertz CT molecular complexity index is 447. The number of alkyl halides is 1. The maximum absolute atomic E-state index is 13.1. The predicted molar refractivity (Wildman–Crippen MR) is 153 cm³/mol. The molecule has 0 N–H and O–H groups in total. The van der Waals surface area contributed by atoms with E-state index in [1.807, 2.05) is 6.92 Å². The molecule has 0 fully saturated rings. The largest absolute Gasteiger partial charge is 0.465 e. The smallest absolute Gasteiger partial charge is 0.323 e. The molecule has 202 valence electrons. The number of esters is 2. The van der Waals surface area contributed by atoms with Crippen LogP contribution in [0.25, 0.3) is 0 Å². The minimum absolute atomic E-state index is 0.368. The second kappa shape index (κ2) is 24.4. The van der Waals surface area contributed by atoms with Gasteiger partial charge in [-0.1, -0.05) is 140 Å². The van der Waals surface area contributed by atoms with Gasteiger partial charge in [-0.25, -0.2) is 0 Å². The van der Waals surface area contributed by atoms with Crippen molar-refractivity contribution in [2.75, 3.05) is 17.6 Å².